The molecule has 0 spiro atoms. The van der Waals surface area contributed by atoms with E-state index in [1.54, 1.807) is 0 Å². The number of aromatic hydroxyl groups is 1. The Morgan fingerprint density at radius 1 is 0.838 bits per heavy atom. The van der Waals surface area contributed by atoms with Crippen LogP contribution in [-0.2, 0) is 26.1 Å². The average Bonchev–Trinajstić information content (AvgIpc) is 2.93. The highest BCUT2D eigenvalue weighted by molar-refractivity contribution is 5.83. The fourth-order valence-corrected chi connectivity index (χ4v) is 5.89. The SMILES string of the molecule is CCCN1CCc2cc(O)cc3c2[C@H]1Cc1ccc(OCc2ccccc2)c(OCc2ccccc2)c1-3. The van der Waals surface area contributed by atoms with Crippen molar-refractivity contribution in [2.45, 2.75) is 45.4 Å². The van der Waals surface area contributed by atoms with Gasteiger partial charge in [-0.25, -0.2) is 0 Å². The van der Waals surface area contributed by atoms with Crippen LogP contribution in [0.2, 0.25) is 0 Å². The average molecular weight is 492 g/mol. The lowest BCUT2D eigenvalue weighted by atomic mass is 9.76. The Hall–Kier alpha value is -3.76. The Morgan fingerprint density at radius 2 is 1.54 bits per heavy atom. The Labute approximate surface area is 219 Å². The van der Waals surface area contributed by atoms with Gasteiger partial charge in [0.15, 0.2) is 11.5 Å². The van der Waals surface area contributed by atoms with E-state index in [4.69, 9.17) is 9.47 Å². The van der Waals surface area contributed by atoms with Gasteiger partial charge in [0.2, 0.25) is 0 Å². The minimum absolute atomic E-state index is 0.314. The van der Waals surface area contributed by atoms with Crippen molar-refractivity contribution in [3.63, 3.8) is 0 Å². The van der Waals surface area contributed by atoms with Crippen LogP contribution in [0, 0.1) is 0 Å². The van der Waals surface area contributed by atoms with Gasteiger partial charge in [-0.05, 0) is 77.4 Å². The van der Waals surface area contributed by atoms with E-state index in [2.05, 4.69) is 48.2 Å². The summed E-state index contributed by atoms with van der Waals surface area (Å²) in [5, 5.41) is 10.7. The molecule has 37 heavy (non-hydrogen) atoms. The second kappa shape index (κ2) is 10.3. The number of benzene rings is 4. The third-order valence-electron chi connectivity index (χ3n) is 7.56. The molecule has 4 nitrogen and oxygen atoms in total. The highest BCUT2D eigenvalue weighted by Gasteiger charge is 2.36. The summed E-state index contributed by atoms with van der Waals surface area (Å²) in [5.74, 6) is 1.81. The number of ether oxygens (including phenoxy) is 2. The minimum atomic E-state index is 0.314. The smallest absolute Gasteiger partial charge is 0.169 e. The van der Waals surface area contributed by atoms with Crippen LogP contribution in [0.25, 0.3) is 11.1 Å². The molecule has 6 rings (SSSR count). The Morgan fingerprint density at radius 3 is 2.24 bits per heavy atom. The number of hydrogen-bond acceptors (Lipinski definition) is 4. The zero-order chi connectivity index (χ0) is 25.2. The largest absolute Gasteiger partial charge is 0.508 e. The van der Waals surface area contributed by atoms with E-state index in [0.717, 1.165) is 66.1 Å². The van der Waals surface area contributed by atoms with Crippen LogP contribution >= 0.6 is 0 Å². The molecule has 0 fully saturated rings. The number of hydrogen-bond donors (Lipinski definition) is 1. The van der Waals surface area contributed by atoms with Gasteiger partial charge in [-0.1, -0.05) is 73.7 Å². The molecule has 0 saturated carbocycles. The third kappa shape index (κ3) is 4.70. The molecule has 0 amide bonds. The number of phenolic OH excluding ortho intramolecular Hbond substituents is 1. The van der Waals surface area contributed by atoms with Gasteiger partial charge in [0.1, 0.15) is 19.0 Å². The first-order chi connectivity index (χ1) is 18.2. The summed E-state index contributed by atoms with van der Waals surface area (Å²) >= 11 is 0. The summed E-state index contributed by atoms with van der Waals surface area (Å²) in [7, 11) is 0. The standard InChI is InChI=1S/C33H33NO3/c1-2-16-34-17-15-26-18-27(35)20-28-31(26)29(34)19-25-13-14-30(36-21-23-9-5-3-6-10-23)33(32(25)28)37-22-24-11-7-4-8-12-24/h3-14,18,20,29,35H,2,15-17,19,21-22H2,1H3/t29-/m1/s1. The summed E-state index contributed by atoms with van der Waals surface area (Å²) in [6.45, 7) is 5.27. The highest BCUT2D eigenvalue weighted by Crippen LogP contribution is 2.52. The van der Waals surface area contributed by atoms with E-state index in [9.17, 15) is 5.11 Å². The quantitative estimate of drug-likeness (QED) is 0.286. The predicted octanol–water partition coefficient (Wildman–Crippen LogP) is 7.08. The van der Waals surface area contributed by atoms with E-state index in [1.165, 1.54) is 16.7 Å². The van der Waals surface area contributed by atoms with Gasteiger partial charge in [-0.15, -0.1) is 0 Å². The van der Waals surface area contributed by atoms with Crippen molar-refractivity contribution >= 4 is 0 Å². The molecule has 0 unspecified atom stereocenters. The molecule has 0 saturated heterocycles. The van der Waals surface area contributed by atoms with E-state index >= 15 is 0 Å². The van der Waals surface area contributed by atoms with Gasteiger partial charge in [0, 0.05) is 18.2 Å². The number of nitrogens with zero attached hydrogens (tertiary/aromatic N) is 1. The molecule has 1 N–H and O–H groups in total. The van der Waals surface area contributed by atoms with Crippen LogP contribution in [-0.4, -0.2) is 23.1 Å². The van der Waals surface area contributed by atoms with Crippen molar-refractivity contribution in [1.29, 1.82) is 0 Å². The number of rotatable bonds is 8. The molecule has 2 aliphatic rings. The molecule has 4 aromatic rings. The van der Waals surface area contributed by atoms with Crippen molar-refractivity contribution in [3.8, 4) is 28.4 Å². The summed E-state index contributed by atoms with van der Waals surface area (Å²) in [4.78, 5) is 2.61. The van der Waals surface area contributed by atoms with Crippen LogP contribution in [0.5, 0.6) is 17.2 Å². The van der Waals surface area contributed by atoms with Crippen molar-refractivity contribution < 1.29 is 14.6 Å². The number of phenols is 1. The molecule has 0 radical (unpaired) electrons. The molecule has 1 heterocycles. The lowest BCUT2D eigenvalue weighted by Crippen LogP contribution is -2.38. The molecule has 1 aliphatic heterocycles. The molecule has 188 valence electrons. The van der Waals surface area contributed by atoms with Crippen molar-refractivity contribution in [2.24, 2.45) is 0 Å². The maximum absolute atomic E-state index is 10.7. The highest BCUT2D eigenvalue weighted by atomic mass is 16.5. The van der Waals surface area contributed by atoms with E-state index in [0.29, 0.717) is 25.0 Å². The van der Waals surface area contributed by atoms with Crippen molar-refractivity contribution in [1.82, 2.24) is 4.90 Å². The fourth-order valence-electron chi connectivity index (χ4n) is 5.89. The lowest BCUT2D eigenvalue weighted by molar-refractivity contribution is 0.182. The maximum atomic E-state index is 10.7. The molecule has 1 atom stereocenters. The zero-order valence-corrected chi connectivity index (χ0v) is 21.3. The van der Waals surface area contributed by atoms with Crippen LogP contribution < -0.4 is 9.47 Å². The van der Waals surface area contributed by atoms with Crippen molar-refractivity contribution in [2.75, 3.05) is 13.1 Å². The van der Waals surface area contributed by atoms with Gasteiger partial charge < -0.3 is 14.6 Å². The topological polar surface area (TPSA) is 41.9 Å². The molecular formula is C33H33NO3. The molecule has 0 aromatic heterocycles. The summed E-state index contributed by atoms with van der Waals surface area (Å²) in [6.07, 6.45) is 3.01. The summed E-state index contributed by atoms with van der Waals surface area (Å²) in [6, 6.07) is 28.9. The van der Waals surface area contributed by atoms with E-state index in [-0.39, 0.29) is 0 Å². The zero-order valence-electron chi connectivity index (χ0n) is 21.3. The van der Waals surface area contributed by atoms with Crippen LogP contribution in [0.1, 0.15) is 47.2 Å². The summed E-state index contributed by atoms with van der Waals surface area (Å²) in [5.41, 5.74) is 8.19. The van der Waals surface area contributed by atoms with Crippen LogP contribution in [0.15, 0.2) is 84.9 Å². The normalized spacial score (nSPS) is 16.1. The first-order valence-electron chi connectivity index (χ1n) is 13.3. The maximum Gasteiger partial charge on any atom is 0.169 e. The first kappa shape index (κ1) is 23.6. The molecule has 0 bridgehead atoms. The second-order valence-electron chi connectivity index (χ2n) is 10.0. The van der Waals surface area contributed by atoms with E-state index < -0.39 is 0 Å². The Balaban J connectivity index is 1.45. The molecular weight excluding hydrogens is 458 g/mol. The van der Waals surface area contributed by atoms with Crippen LogP contribution in [0.4, 0.5) is 0 Å². The van der Waals surface area contributed by atoms with Crippen molar-refractivity contribution in [3.05, 3.63) is 113 Å². The monoisotopic (exact) mass is 491 g/mol. The van der Waals surface area contributed by atoms with Gasteiger partial charge in [0.25, 0.3) is 0 Å². The fraction of sp³-hybridized carbons (Fsp3) is 0.273. The Bertz CT molecular complexity index is 1380. The lowest BCUT2D eigenvalue weighted by Gasteiger charge is -2.42. The molecule has 4 heteroatoms. The van der Waals surface area contributed by atoms with E-state index in [1.807, 2.05) is 48.5 Å². The minimum Gasteiger partial charge on any atom is -0.508 e. The first-order valence-corrected chi connectivity index (χ1v) is 13.3. The van der Waals surface area contributed by atoms with Gasteiger partial charge in [0.05, 0.1) is 0 Å². The Kier molecular flexibility index (Phi) is 6.58. The van der Waals surface area contributed by atoms with Crippen LogP contribution in [0.3, 0.4) is 0 Å². The predicted molar refractivity (Wildman–Crippen MR) is 147 cm³/mol. The van der Waals surface area contributed by atoms with Gasteiger partial charge >= 0.3 is 0 Å². The van der Waals surface area contributed by atoms with Gasteiger partial charge in [-0.3, -0.25) is 4.90 Å². The van der Waals surface area contributed by atoms with Gasteiger partial charge in [-0.2, -0.15) is 0 Å². The second-order valence-corrected chi connectivity index (χ2v) is 10.0. The third-order valence-corrected chi connectivity index (χ3v) is 7.56. The number of fused-ring (bicyclic) bond motifs is 2. The molecule has 4 aromatic carbocycles. The summed E-state index contributed by atoms with van der Waals surface area (Å²) < 4.78 is 13.0. The molecule has 1 aliphatic carbocycles.